The molecule has 2 rings (SSSR count). The van der Waals surface area contributed by atoms with Crippen LogP contribution in [0.25, 0.3) is 0 Å². The van der Waals surface area contributed by atoms with E-state index >= 15 is 0 Å². The Morgan fingerprint density at radius 3 is 2.70 bits per heavy atom. The lowest BCUT2D eigenvalue weighted by Gasteiger charge is -2.18. The zero-order valence-electron chi connectivity index (χ0n) is 13.1. The maximum absolute atomic E-state index is 13.2. The summed E-state index contributed by atoms with van der Waals surface area (Å²) in [6.45, 7) is 2.63. The Bertz CT molecular complexity index is 689. The molecular formula is C17H19BrFN3S. The number of amidine groups is 1. The highest BCUT2D eigenvalue weighted by atomic mass is 79.9. The molecule has 0 amide bonds. The lowest BCUT2D eigenvalue weighted by Crippen LogP contribution is -2.10. The van der Waals surface area contributed by atoms with Crippen LogP contribution in [-0.4, -0.2) is 23.0 Å². The van der Waals surface area contributed by atoms with Crippen molar-refractivity contribution in [3.8, 4) is 0 Å². The van der Waals surface area contributed by atoms with Crippen molar-refractivity contribution in [1.82, 2.24) is 4.98 Å². The van der Waals surface area contributed by atoms with Crippen LogP contribution >= 0.6 is 27.7 Å². The highest BCUT2D eigenvalue weighted by Gasteiger charge is 2.18. The molecule has 0 bridgehead atoms. The lowest BCUT2D eigenvalue weighted by molar-refractivity contribution is 0.624. The number of pyridine rings is 1. The first kappa shape index (κ1) is 17.9. The zero-order chi connectivity index (χ0) is 16.8. The van der Waals surface area contributed by atoms with Crippen molar-refractivity contribution in [1.29, 1.82) is 0 Å². The van der Waals surface area contributed by atoms with E-state index in [9.17, 15) is 4.39 Å². The maximum Gasteiger partial charge on any atom is 0.153 e. The first-order chi connectivity index (χ1) is 11.0. The van der Waals surface area contributed by atoms with Crippen LogP contribution in [0.5, 0.6) is 0 Å². The number of nitrogens with two attached hydrogens (primary N) is 1. The average Bonchev–Trinajstić information content (AvgIpc) is 2.53. The summed E-state index contributed by atoms with van der Waals surface area (Å²) in [6.07, 6.45) is 4.46. The summed E-state index contributed by atoms with van der Waals surface area (Å²) >= 11 is 4.87. The van der Waals surface area contributed by atoms with E-state index in [4.69, 9.17) is 5.73 Å². The van der Waals surface area contributed by atoms with E-state index in [1.807, 2.05) is 31.4 Å². The van der Waals surface area contributed by atoms with Crippen LogP contribution in [0.4, 0.5) is 4.39 Å². The Labute approximate surface area is 148 Å². The Morgan fingerprint density at radius 2 is 2.09 bits per heavy atom. The number of nitrogens with zero attached hydrogens (tertiary/aromatic N) is 2. The smallest absolute Gasteiger partial charge is 0.153 e. The minimum Gasteiger partial charge on any atom is -0.379 e. The van der Waals surface area contributed by atoms with Crippen LogP contribution in [0.2, 0.25) is 0 Å². The van der Waals surface area contributed by atoms with Gasteiger partial charge in [-0.3, -0.25) is 9.98 Å². The van der Waals surface area contributed by atoms with E-state index in [0.717, 1.165) is 27.7 Å². The summed E-state index contributed by atoms with van der Waals surface area (Å²) in [5.41, 5.74) is 8.85. The Kier molecular flexibility index (Phi) is 6.59. The van der Waals surface area contributed by atoms with Gasteiger partial charge in [0.1, 0.15) is 5.82 Å². The summed E-state index contributed by atoms with van der Waals surface area (Å²) in [4.78, 5) is 8.91. The van der Waals surface area contributed by atoms with E-state index in [1.54, 1.807) is 6.20 Å². The van der Waals surface area contributed by atoms with Crippen molar-refractivity contribution in [2.24, 2.45) is 10.7 Å². The first-order valence-electron chi connectivity index (χ1n) is 7.22. The fourth-order valence-electron chi connectivity index (χ4n) is 2.44. The van der Waals surface area contributed by atoms with Gasteiger partial charge in [-0.25, -0.2) is 4.39 Å². The van der Waals surface area contributed by atoms with Crippen LogP contribution in [-0.2, 0) is 0 Å². The van der Waals surface area contributed by atoms with Gasteiger partial charge in [-0.15, -0.1) is 0 Å². The molecule has 0 aliphatic rings. The monoisotopic (exact) mass is 395 g/mol. The highest BCUT2D eigenvalue weighted by Crippen LogP contribution is 2.30. The number of hydrogen-bond acceptors (Lipinski definition) is 3. The SMILES string of the molecule is CSC(N)=NCCC(c1ccc(F)cc1)c1ncc(Br)cc1C. The number of thioether (sulfide) groups is 1. The fourth-order valence-corrected chi connectivity index (χ4v) is 3.11. The molecular weight excluding hydrogens is 377 g/mol. The van der Waals surface area contributed by atoms with E-state index in [1.165, 1.54) is 23.9 Å². The quantitative estimate of drug-likeness (QED) is 0.599. The van der Waals surface area contributed by atoms with Crippen molar-refractivity contribution in [3.05, 3.63) is 63.6 Å². The second-order valence-electron chi connectivity index (χ2n) is 5.17. The number of benzene rings is 1. The van der Waals surface area contributed by atoms with Gasteiger partial charge in [0, 0.05) is 23.1 Å². The van der Waals surface area contributed by atoms with Gasteiger partial charge in [0.2, 0.25) is 0 Å². The number of aryl methyl sites for hydroxylation is 1. The van der Waals surface area contributed by atoms with Crippen LogP contribution in [0.15, 0.2) is 46.0 Å². The minimum absolute atomic E-state index is 0.0575. The van der Waals surface area contributed by atoms with E-state index < -0.39 is 0 Å². The summed E-state index contributed by atoms with van der Waals surface area (Å²) in [6, 6.07) is 8.63. The van der Waals surface area contributed by atoms with E-state index in [0.29, 0.717) is 11.7 Å². The number of aliphatic imine (C=N–C) groups is 1. The third-order valence-corrected chi connectivity index (χ3v) is 4.56. The van der Waals surface area contributed by atoms with Gasteiger partial charge in [-0.2, -0.15) is 0 Å². The van der Waals surface area contributed by atoms with Crippen molar-refractivity contribution >= 4 is 32.9 Å². The van der Waals surface area contributed by atoms with Crippen LogP contribution in [0, 0.1) is 12.7 Å². The Morgan fingerprint density at radius 1 is 1.39 bits per heavy atom. The molecule has 122 valence electrons. The predicted octanol–water partition coefficient (Wildman–Crippen LogP) is 4.49. The molecule has 1 unspecified atom stereocenters. The third kappa shape index (κ3) is 5.04. The molecule has 0 saturated carbocycles. The summed E-state index contributed by atoms with van der Waals surface area (Å²) in [7, 11) is 0. The number of halogens is 2. The van der Waals surface area contributed by atoms with Gasteiger partial charge in [0.15, 0.2) is 5.17 Å². The summed E-state index contributed by atoms with van der Waals surface area (Å²) in [5.74, 6) is -0.181. The summed E-state index contributed by atoms with van der Waals surface area (Å²) in [5, 5.41) is 0.573. The average molecular weight is 396 g/mol. The first-order valence-corrected chi connectivity index (χ1v) is 9.24. The molecule has 0 fully saturated rings. The second-order valence-corrected chi connectivity index (χ2v) is 6.91. The standard InChI is InChI=1S/C17H19BrFN3S/c1-11-9-13(18)10-22-16(11)15(7-8-21-17(20)23-2)12-3-5-14(19)6-4-12/h3-6,9-10,15H,7-8H2,1-2H3,(H2,20,21). The van der Waals surface area contributed by atoms with Gasteiger partial charge >= 0.3 is 0 Å². The van der Waals surface area contributed by atoms with Gasteiger partial charge in [-0.05, 0) is 64.9 Å². The Balaban J connectivity index is 2.32. The molecule has 0 saturated heterocycles. The minimum atomic E-state index is -0.238. The number of hydrogen-bond donors (Lipinski definition) is 1. The molecule has 1 aromatic heterocycles. The second kappa shape index (κ2) is 8.45. The van der Waals surface area contributed by atoms with Gasteiger partial charge < -0.3 is 5.73 Å². The molecule has 1 heterocycles. The lowest BCUT2D eigenvalue weighted by atomic mass is 9.90. The van der Waals surface area contributed by atoms with Gasteiger partial charge in [0.05, 0.1) is 5.69 Å². The molecule has 0 spiro atoms. The molecule has 0 aliphatic carbocycles. The van der Waals surface area contributed by atoms with Crippen molar-refractivity contribution < 1.29 is 4.39 Å². The van der Waals surface area contributed by atoms with Crippen molar-refractivity contribution in [3.63, 3.8) is 0 Å². The molecule has 6 heteroatoms. The van der Waals surface area contributed by atoms with Crippen LogP contribution < -0.4 is 5.73 Å². The molecule has 3 nitrogen and oxygen atoms in total. The Hall–Kier alpha value is -1.40. The molecule has 23 heavy (non-hydrogen) atoms. The highest BCUT2D eigenvalue weighted by molar-refractivity contribution is 9.10. The van der Waals surface area contributed by atoms with Crippen molar-refractivity contribution in [2.45, 2.75) is 19.3 Å². The molecule has 2 aromatic rings. The molecule has 2 N–H and O–H groups in total. The zero-order valence-corrected chi connectivity index (χ0v) is 15.5. The molecule has 1 atom stereocenters. The van der Waals surface area contributed by atoms with Crippen LogP contribution in [0.3, 0.4) is 0 Å². The van der Waals surface area contributed by atoms with Gasteiger partial charge in [-0.1, -0.05) is 23.9 Å². The van der Waals surface area contributed by atoms with Crippen molar-refractivity contribution in [2.75, 3.05) is 12.8 Å². The molecule has 1 aromatic carbocycles. The topological polar surface area (TPSA) is 51.3 Å². The van der Waals surface area contributed by atoms with Gasteiger partial charge in [0.25, 0.3) is 0 Å². The molecule has 0 radical (unpaired) electrons. The molecule has 0 aliphatic heterocycles. The van der Waals surface area contributed by atoms with E-state index in [-0.39, 0.29) is 11.7 Å². The predicted molar refractivity (Wildman–Crippen MR) is 99.5 cm³/mol. The normalized spacial score (nSPS) is 13.1. The number of aromatic nitrogens is 1. The third-order valence-electron chi connectivity index (χ3n) is 3.58. The largest absolute Gasteiger partial charge is 0.379 e. The maximum atomic E-state index is 13.2. The van der Waals surface area contributed by atoms with Crippen LogP contribution in [0.1, 0.15) is 29.2 Å². The fraction of sp³-hybridized carbons (Fsp3) is 0.294. The number of rotatable bonds is 5. The van der Waals surface area contributed by atoms with E-state index in [2.05, 4.69) is 25.9 Å². The summed E-state index contributed by atoms with van der Waals surface area (Å²) < 4.78 is 14.2.